The summed E-state index contributed by atoms with van der Waals surface area (Å²) in [5.74, 6) is -1.96. The maximum atomic E-state index is 12.1. The smallest absolute Gasteiger partial charge is 0.342 e. The summed E-state index contributed by atoms with van der Waals surface area (Å²) < 4.78 is 10.9. The Morgan fingerprint density at radius 3 is 1.83 bits per heavy atom. The fourth-order valence-corrected chi connectivity index (χ4v) is 2.60. The minimum atomic E-state index is -1.04. The molecule has 3 rings (SSSR count). The van der Waals surface area contributed by atoms with Gasteiger partial charge in [0.2, 0.25) is 0 Å². The first kappa shape index (κ1) is 11.3. The Bertz CT molecular complexity index is 461. The Morgan fingerprint density at radius 1 is 0.833 bits per heavy atom. The van der Waals surface area contributed by atoms with E-state index in [9.17, 15) is 9.59 Å². The molecule has 0 saturated heterocycles. The summed E-state index contributed by atoms with van der Waals surface area (Å²) in [6.45, 7) is 0. The minimum absolute atomic E-state index is 0.296. The van der Waals surface area contributed by atoms with Gasteiger partial charge in [-0.2, -0.15) is 0 Å². The lowest BCUT2D eigenvalue weighted by Crippen LogP contribution is -2.40. The van der Waals surface area contributed by atoms with E-state index in [-0.39, 0.29) is 0 Å². The molecule has 1 saturated carbocycles. The van der Waals surface area contributed by atoms with Crippen LogP contribution in [0.3, 0.4) is 0 Å². The predicted molar refractivity (Wildman–Crippen MR) is 63.1 cm³/mol. The van der Waals surface area contributed by atoms with Crippen molar-refractivity contribution in [2.24, 2.45) is 0 Å². The second kappa shape index (κ2) is 4.12. The quantitative estimate of drug-likeness (QED) is 0.660. The van der Waals surface area contributed by atoms with E-state index in [2.05, 4.69) is 0 Å². The van der Waals surface area contributed by atoms with Gasteiger partial charge in [0.25, 0.3) is 5.79 Å². The molecule has 0 amide bonds. The third-order valence-corrected chi connectivity index (χ3v) is 3.54. The molecule has 1 aromatic rings. The SMILES string of the molecule is O=C1OC2(CCCCC2)OC(=O)c2ccccc21. The van der Waals surface area contributed by atoms with Crippen LogP contribution in [-0.4, -0.2) is 17.7 Å². The first-order valence-electron chi connectivity index (χ1n) is 6.26. The number of ether oxygens (including phenoxy) is 2. The molecule has 94 valence electrons. The van der Waals surface area contributed by atoms with Gasteiger partial charge in [0.15, 0.2) is 0 Å². The number of benzene rings is 1. The molecule has 1 aromatic carbocycles. The molecule has 0 radical (unpaired) electrons. The van der Waals surface area contributed by atoms with Crippen LogP contribution in [0.4, 0.5) is 0 Å². The summed E-state index contributed by atoms with van der Waals surface area (Å²) >= 11 is 0. The monoisotopic (exact) mass is 246 g/mol. The van der Waals surface area contributed by atoms with Crippen molar-refractivity contribution >= 4 is 11.9 Å². The first-order chi connectivity index (χ1) is 8.70. The molecular weight excluding hydrogens is 232 g/mol. The molecule has 0 aromatic heterocycles. The van der Waals surface area contributed by atoms with E-state index >= 15 is 0 Å². The molecule has 1 aliphatic heterocycles. The van der Waals surface area contributed by atoms with Crippen molar-refractivity contribution in [2.75, 3.05) is 0 Å². The second-order valence-electron chi connectivity index (χ2n) is 4.80. The highest BCUT2D eigenvalue weighted by Crippen LogP contribution is 2.36. The highest BCUT2D eigenvalue weighted by atomic mass is 16.7. The highest BCUT2D eigenvalue weighted by Gasteiger charge is 2.43. The van der Waals surface area contributed by atoms with Crippen molar-refractivity contribution in [1.82, 2.24) is 0 Å². The van der Waals surface area contributed by atoms with Crippen molar-refractivity contribution < 1.29 is 19.1 Å². The van der Waals surface area contributed by atoms with E-state index in [1.165, 1.54) is 0 Å². The number of rotatable bonds is 0. The number of hydrogen-bond donors (Lipinski definition) is 0. The van der Waals surface area contributed by atoms with E-state index in [0.29, 0.717) is 24.0 Å². The molecule has 1 spiro atoms. The summed E-state index contributed by atoms with van der Waals surface area (Å²) in [6.07, 6.45) is 4.11. The third-order valence-electron chi connectivity index (χ3n) is 3.54. The highest BCUT2D eigenvalue weighted by molar-refractivity contribution is 6.04. The summed E-state index contributed by atoms with van der Waals surface area (Å²) in [5, 5.41) is 0. The summed E-state index contributed by atoms with van der Waals surface area (Å²) in [5.41, 5.74) is 0.592. The van der Waals surface area contributed by atoms with Gasteiger partial charge in [0.05, 0.1) is 11.1 Å². The number of fused-ring (bicyclic) bond motifs is 1. The van der Waals surface area contributed by atoms with Crippen LogP contribution < -0.4 is 0 Å². The molecule has 2 aliphatic rings. The van der Waals surface area contributed by atoms with Crippen LogP contribution in [0.1, 0.15) is 52.8 Å². The lowest BCUT2D eigenvalue weighted by molar-refractivity contribution is -0.183. The summed E-state index contributed by atoms with van der Waals surface area (Å²) in [4.78, 5) is 24.1. The number of carbonyl (C=O) groups excluding carboxylic acids is 2. The molecule has 1 aliphatic carbocycles. The zero-order valence-electron chi connectivity index (χ0n) is 9.98. The molecule has 0 unspecified atom stereocenters. The maximum absolute atomic E-state index is 12.1. The van der Waals surface area contributed by atoms with Crippen LogP contribution in [-0.2, 0) is 9.47 Å². The topological polar surface area (TPSA) is 52.6 Å². The van der Waals surface area contributed by atoms with Crippen molar-refractivity contribution in [2.45, 2.75) is 37.9 Å². The molecule has 1 fully saturated rings. The van der Waals surface area contributed by atoms with Gasteiger partial charge in [-0.3, -0.25) is 0 Å². The standard InChI is InChI=1S/C14H14O4/c15-12-10-6-2-3-7-11(10)13(16)18-14(17-12)8-4-1-5-9-14/h2-3,6-7H,1,4-5,8-9H2. The van der Waals surface area contributed by atoms with E-state index in [1.807, 2.05) is 0 Å². The van der Waals surface area contributed by atoms with Crippen molar-refractivity contribution in [3.8, 4) is 0 Å². The van der Waals surface area contributed by atoms with E-state index < -0.39 is 17.7 Å². The van der Waals surface area contributed by atoms with Crippen LogP contribution in [0.5, 0.6) is 0 Å². The maximum Gasteiger partial charge on any atom is 0.342 e. The van der Waals surface area contributed by atoms with Gasteiger partial charge in [-0.15, -0.1) is 0 Å². The number of esters is 2. The van der Waals surface area contributed by atoms with Gasteiger partial charge < -0.3 is 9.47 Å². The van der Waals surface area contributed by atoms with Crippen molar-refractivity contribution in [3.63, 3.8) is 0 Å². The zero-order valence-corrected chi connectivity index (χ0v) is 9.98. The van der Waals surface area contributed by atoms with Crippen LogP contribution in [0.25, 0.3) is 0 Å². The Hall–Kier alpha value is -1.84. The lowest BCUT2D eigenvalue weighted by atomic mass is 9.94. The minimum Gasteiger partial charge on any atom is -0.419 e. The van der Waals surface area contributed by atoms with Gasteiger partial charge >= 0.3 is 11.9 Å². The molecule has 1 heterocycles. The van der Waals surface area contributed by atoms with Gasteiger partial charge in [0, 0.05) is 12.8 Å². The molecule has 0 atom stereocenters. The molecular formula is C14H14O4. The first-order valence-corrected chi connectivity index (χ1v) is 6.26. The molecule has 0 N–H and O–H groups in total. The summed E-state index contributed by atoms with van der Waals surface area (Å²) in [6, 6.07) is 6.63. The van der Waals surface area contributed by atoms with Crippen LogP contribution in [0.2, 0.25) is 0 Å². The lowest BCUT2D eigenvalue weighted by Gasteiger charge is -2.34. The molecule has 4 heteroatoms. The molecule has 0 bridgehead atoms. The van der Waals surface area contributed by atoms with Gasteiger partial charge in [-0.25, -0.2) is 9.59 Å². The van der Waals surface area contributed by atoms with Crippen LogP contribution in [0, 0.1) is 0 Å². The van der Waals surface area contributed by atoms with Crippen LogP contribution >= 0.6 is 0 Å². The normalized spacial score (nSPS) is 21.8. The van der Waals surface area contributed by atoms with E-state index in [1.54, 1.807) is 24.3 Å². The van der Waals surface area contributed by atoms with Crippen molar-refractivity contribution in [3.05, 3.63) is 35.4 Å². The van der Waals surface area contributed by atoms with Gasteiger partial charge in [-0.1, -0.05) is 18.6 Å². The summed E-state index contributed by atoms with van der Waals surface area (Å²) in [7, 11) is 0. The average molecular weight is 246 g/mol. The van der Waals surface area contributed by atoms with Gasteiger partial charge in [-0.05, 0) is 25.0 Å². The van der Waals surface area contributed by atoms with E-state index in [4.69, 9.17) is 9.47 Å². The molecule has 4 nitrogen and oxygen atoms in total. The fraction of sp³-hybridized carbons (Fsp3) is 0.429. The van der Waals surface area contributed by atoms with Crippen LogP contribution in [0.15, 0.2) is 24.3 Å². The zero-order chi connectivity index (χ0) is 12.6. The number of carbonyl (C=O) groups is 2. The Labute approximate surface area is 105 Å². The Morgan fingerprint density at radius 2 is 1.33 bits per heavy atom. The van der Waals surface area contributed by atoms with E-state index in [0.717, 1.165) is 19.3 Å². The van der Waals surface area contributed by atoms with Gasteiger partial charge in [0.1, 0.15) is 0 Å². The largest absolute Gasteiger partial charge is 0.419 e. The predicted octanol–water partition coefficient (Wildman–Crippen LogP) is 2.67. The Kier molecular flexibility index (Phi) is 2.58. The Balaban J connectivity index is 2.00. The average Bonchev–Trinajstić information content (AvgIpc) is 2.48. The fourth-order valence-electron chi connectivity index (χ4n) is 2.60. The number of hydrogen-bond acceptors (Lipinski definition) is 4. The second-order valence-corrected chi connectivity index (χ2v) is 4.80. The van der Waals surface area contributed by atoms with Crippen molar-refractivity contribution in [1.29, 1.82) is 0 Å². The third kappa shape index (κ3) is 1.78. The molecule has 18 heavy (non-hydrogen) atoms.